The molecule has 0 nitrogen and oxygen atoms in total. The average molecular weight is 189 g/mol. The quantitative estimate of drug-likeness (QED) is 0.435. The molecule has 0 N–H and O–H groups in total. The van der Waals surface area contributed by atoms with Gasteiger partial charge in [-0.3, -0.25) is 0 Å². The van der Waals surface area contributed by atoms with Gasteiger partial charge in [0.25, 0.3) is 0 Å². The standard InChI is InChI=1S/C9H15Cl.C2H6/c1-3-4-5-6-7-8-9(2)10;1-2/h3-4,8H,5-7H2,1-2H3;1-2H3/b4-3-,9-8+;. The summed E-state index contributed by atoms with van der Waals surface area (Å²) in [5, 5.41) is 0.903. The van der Waals surface area contributed by atoms with Crippen LogP contribution in [0.3, 0.4) is 0 Å². The topological polar surface area (TPSA) is 0 Å². The lowest BCUT2D eigenvalue weighted by Gasteiger charge is -1.89. The van der Waals surface area contributed by atoms with E-state index in [0.29, 0.717) is 0 Å². The molecule has 0 unspecified atom stereocenters. The largest absolute Gasteiger partial charge is 0.0917 e. The zero-order chi connectivity index (χ0) is 9.82. The normalized spacial score (nSPS) is 11.2. The molecular formula is C11H21Cl. The highest BCUT2D eigenvalue weighted by Gasteiger charge is 1.81. The van der Waals surface area contributed by atoms with Crippen LogP contribution in [0.4, 0.5) is 0 Å². The van der Waals surface area contributed by atoms with Gasteiger partial charge in [0.15, 0.2) is 0 Å². The molecular weight excluding hydrogens is 168 g/mol. The van der Waals surface area contributed by atoms with Gasteiger partial charge in [0.2, 0.25) is 0 Å². The van der Waals surface area contributed by atoms with Crippen molar-refractivity contribution in [2.24, 2.45) is 0 Å². The molecule has 0 bridgehead atoms. The second-order valence-electron chi connectivity index (χ2n) is 2.29. The van der Waals surface area contributed by atoms with Crippen LogP contribution in [0.5, 0.6) is 0 Å². The highest BCUT2D eigenvalue weighted by Crippen LogP contribution is 2.04. The van der Waals surface area contributed by atoms with Gasteiger partial charge in [0.1, 0.15) is 0 Å². The Bertz CT molecular complexity index is 119. The minimum atomic E-state index is 0.903. The smallest absolute Gasteiger partial charge is 0.0110 e. The van der Waals surface area contributed by atoms with E-state index in [1.165, 1.54) is 6.42 Å². The number of unbranched alkanes of at least 4 members (excludes halogenated alkanes) is 2. The average Bonchev–Trinajstić information content (AvgIpc) is 2.07. The van der Waals surface area contributed by atoms with E-state index in [9.17, 15) is 0 Å². The Morgan fingerprint density at radius 1 is 1.25 bits per heavy atom. The maximum Gasteiger partial charge on any atom is 0.0110 e. The van der Waals surface area contributed by atoms with Crippen molar-refractivity contribution in [1.82, 2.24) is 0 Å². The van der Waals surface area contributed by atoms with Gasteiger partial charge in [0, 0.05) is 5.03 Å². The molecule has 0 spiro atoms. The van der Waals surface area contributed by atoms with Crippen LogP contribution in [0.25, 0.3) is 0 Å². The third-order valence-corrected chi connectivity index (χ3v) is 1.39. The van der Waals surface area contributed by atoms with Gasteiger partial charge in [-0.2, -0.15) is 0 Å². The first-order valence-corrected chi connectivity index (χ1v) is 5.08. The minimum absolute atomic E-state index is 0.903. The first-order valence-electron chi connectivity index (χ1n) is 4.70. The Hall–Kier alpha value is -0.230. The Balaban J connectivity index is 0. The summed E-state index contributed by atoms with van der Waals surface area (Å²) >= 11 is 5.63. The molecule has 0 rings (SSSR count). The molecule has 0 aromatic carbocycles. The van der Waals surface area contributed by atoms with Crippen molar-refractivity contribution in [2.75, 3.05) is 0 Å². The Morgan fingerprint density at radius 3 is 2.25 bits per heavy atom. The second kappa shape index (κ2) is 13.4. The summed E-state index contributed by atoms with van der Waals surface area (Å²) in [4.78, 5) is 0. The van der Waals surface area contributed by atoms with E-state index in [0.717, 1.165) is 17.9 Å². The van der Waals surface area contributed by atoms with Gasteiger partial charge >= 0.3 is 0 Å². The molecule has 0 aromatic heterocycles. The van der Waals surface area contributed by atoms with Crippen molar-refractivity contribution in [3.05, 3.63) is 23.3 Å². The summed E-state index contributed by atoms with van der Waals surface area (Å²) in [5.41, 5.74) is 0. The zero-order valence-electron chi connectivity index (χ0n) is 8.73. The van der Waals surface area contributed by atoms with Crippen LogP contribution in [0.2, 0.25) is 0 Å². The molecule has 0 aliphatic rings. The lowest BCUT2D eigenvalue weighted by Crippen LogP contribution is -1.69. The predicted molar refractivity (Wildman–Crippen MR) is 59.6 cm³/mol. The molecule has 0 fully saturated rings. The van der Waals surface area contributed by atoms with Gasteiger partial charge < -0.3 is 0 Å². The molecule has 0 radical (unpaired) electrons. The van der Waals surface area contributed by atoms with Gasteiger partial charge in [-0.1, -0.05) is 43.7 Å². The van der Waals surface area contributed by atoms with E-state index in [1.54, 1.807) is 0 Å². The van der Waals surface area contributed by atoms with E-state index >= 15 is 0 Å². The highest BCUT2D eigenvalue weighted by atomic mass is 35.5. The maximum atomic E-state index is 5.63. The first kappa shape index (κ1) is 14.3. The van der Waals surface area contributed by atoms with Crippen LogP contribution < -0.4 is 0 Å². The Kier molecular flexibility index (Phi) is 15.9. The van der Waals surface area contributed by atoms with E-state index < -0.39 is 0 Å². The number of hydrogen-bond donors (Lipinski definition) is 0. The lowest BCUT2D eigenvalue weighted by atomic mass is 10.2. The number of halogens is 1. The fourth-order valence-electron chi connectivity index (χ4n) is 0.703. The van der Waals surface area contributed by atoms with Crippen LogP contribution >= 0.6 is 11.6 Å². The molecule has 0 saturated heterocycles. The zero-order valence-corrected chi connectivity index (χ0v) is 9.49. The molecule has 0 aromatic rings. The highest BCUT2D eigenvalue weighted by molar-refractivity contribution is 6.29. The maximum absolute atomic E-state index is 5.63. The fraction of sp³-hybridized carbons (Fsp3) is 0.636. The van der Waals surface area contributed by atoms with Crippen LogP contribution in [0.1, 0.15) is 47.0 Å². The number of hydrogen-bond acceptors (Lipinski definition) is 0. The van der Waals surface area contributed by atoms with Crippen LogP contribution in [0.15, 0.2) is 23.3 Å². The SMILES string of the molecule is C/C=C\CCC/C=C(\C)Cl.CC. The van der Waals surface area contributed by atoms with Crippen molar-refractivity contribution in [3.63, 3.8) is 0 Å². The third-order valence-electron chi connectivity index (χ3n) is 1.24. The summed E-state index contributed by atoms with van der Waals surface area (Å²) in [5.74, 6) is 0. The molecule has 1 heteroatoms. The molecule has 0 aliphatic carbocycles. The molecule has 0 amide bonds. The summed E-state index contributed by atoms with van der Waals surface area (Å²) in [7, 11) is 0. The lowest BCUT2D eigenvalue weighted by molar-refractivity contribution is 0.865. The molecule has 0 heterocycles. The van der Waals surface area contributed by atoms with Gasteiger partial charge in [-0.05, 0) is 33.1 Å². The van der Waals surface area contributed by atoms with Crippen molar-refractivity contribution in [1.29, 1.82) is 0 Å². The monoisotopic (exact) mass is 188 g/mol. The number of rotatable bonds is 4. The van der Waals surface area contributed by atoms with E-state index in [2.05, 4.69) is 18.2 Å². The van der Waals surface area contributed by atoms with E-state index in [4.69, 9.17) is 11.6 Å². The first-order chi connectivity index (χ1) is 5.77. The van der Waals surface area contributed by atoms with Gasteiger partial charge in [-0.25, -0.2) is 0 Å². The summed E-state index contributed by atoms with van der Waals surface area (Å²) in [6, 6.07) is 0. The molecule has 0 aliphatic heterocycles. The van der Waals surface area contributed by atoms with Crippen molar-refractivity contribution >= 4 is 11.6 Å². The van der Waals surface area contributed by atoms with E-state index in [1.807, 2.05) is 27.7 Å². The minimum Gasteiger partial charge on any atom is -0.0917 e. The number of allylic oxidation sites excluding steroid dienone is 4. The predicted octanol–water partition coefficient (Wildman–Crippen LogP) is 4.90. The second-order valence-corrected chi connectivity index (χ2v) is 2.89. The fourth-order valence-corrected chi connectivity index (χ4v) is 0.812. The van der Waals surface area contributed by atoms with Crippen molar-refractivity contribution in [3.8, 4) is 0 Å². The molecule has 12 heavy (non-hydrogen) atoms. The van der Waals surface area contributed by atoms with E-state index in [-0.39, 0.29) is 0 Å². The van der Waals surface area contributed by atoms with Crippen molar-refractivity contribution < 1.29 is 0 Å². The van der Waals surface area contributed by atoms with Gasteiger partial charge in [-0.15, -0.1) is 0 Å². The molecule has 72 valence electrons. The van der Waals surface area contributed by atoms with Crippen molar-refractivity contribution in [2.45, 2.75) is 47.0 Å². The van der Waals surface area contributed by atoms with Crippen LogP contribution in [-0.4, -0.2) is 0 Å². The molecule has 0 saturated carbocycles. The summed E-state index contributed by atoms with van der Waals surface area (Å²) in [6.45, 7) is 7.96. The third kappa shape index (κ3) is 16.4. The Labute approximate surface area is 82.3 Å². The Morgan fingerprint density at radius 2 is 1.83 bits per heavy atom. The molecule has 0 atom stereocenters. The van der Waals surface area contributed by atoms with Crippen LogP contribution in [0, 0.1) is 0 Å². The van der Waals surface area contributed by atoms with Gasteiger partial charge in [0.05, 0.1) is 0 Å². The summed E-state index contributed by atoms with van der Waals surface area (Å²) < 4.78 is 0. The summed E-state index contributed by atoms with van der Waals surface area (Å²) in [6.07, 6.45) is 9.78. The van der Waals surface area contributed by atoms with Crippen LogP contribution in [-0.2, 0) is 0 Å².